The second-order valence-electron chi connectivity index (χ2n) is 4.50. The first-order valence-corrected chi connectivity index (χ1v) is 6.60. The number of hydrogen-bond acceptors (Lipinski definition) is 1. The lowest BCUT2D eigenvalue weighted by molar-refractivity contribution is 0.0635. The Morgan fingerprint density at radius 1 is 1.24 bits per heavy atom. The summed E-state index contributed by atoms with van der Waals surface area (Å²) in [7, 11) is 0. The smallest absolute Gasteiger partial charge is 0.254 e. The fourth-order valence-electron chi connectivity index (χ4n) is 2.24. The monoisotopic (exact) mass is 271 g/mol. The Morgan fingerprint density at radius 2 is 1.88 bits per heavy atom. The van der Waals surface area contributed by atoms with E-state index in [-0.39, 0.29) is 5.91 Å². The molecule has 0 aromatic heterocycles. The van der Waals surface area contributed by atoms with Crippen molar-refractivity contribution in [3.8, 4) is 0 Å². The summed E-state index contributed by atoms with van der Waals surface area (Å²) in [6.07, 6.45) is 3.34. The summed E-state index contributed by atoms with van der Waals surface area (Å²) in [4.78, 5) is 14.2. The molecule has 2 nitrogen and oxygen atoms in total. The van der Waals surface area contributed by atoms with Crippen molar-refractivity contribution in [2.45, 2.75) is 32.2 Å². The Kier molecular flexibility index (Phi) is 3.95. The molecule has 2 rings (SSSR count). The maximum Gasteiger partial charge on any atom is 0.254 e. The maximum atomic E-state index is 12.3. The topological polar surface area (TPSA) is 20.3 Å². The Bertz CT molecular complexity index is 413. The molecule has 0 spiro atoms. The molecule has 0 N–H and O–H groups in total. The zero-order valence-electron chi connectivity index (χ0n) is 9.75. The molecule has 1 amide bonds. The highest BCUT2D eigenvalue weighted by Crippen LogP contribution is 2.23. The van der Waals surface area contributed by atoms with Crippen molar-refractivity contribution in [1.82, 2.24) is 4.90 Å². The van der Waals surface area contributed by atoms with Crippen LogP contribution in [0.2, 0.25) is 10.0 Å². The fourth-order valence-corrected chi connectivity index (χ4v) is 2.77. The summed E-state index contributed by atoms with van der Waals surface area (Å²) in [5.41, 5.74) is 0.580. The number of benzene rings is 1. The van der Waals surface area contributed by atoms with E-state index in [1.54, 1.807) is 18.2 Å². The van der Waals surface area contributed by atoms with Crippen LogP contribution in [0.4, 0.5) is 0 Å². The molecule has 1 unspecified atom stereocenters. The molecule has 1 aromatic carbocycles. The van der Waals surface area contributed by atoms with Crippen molar-refractivity contribution in [3.63, 3.8) is 0 Å². The molecule has 92 valence electrons. The van der Waals surface area contributed by atoms with Crippen LogP contribution in [0.25, 0.3) is 0 Å². The van der Waals surface area contributed by atoms with Crippen LogP contribution in [-0.2, 0) is 0 Å². The molecule has 0 bridgehead atoms. The minimum Gasteiger partial charge on any atom is -0.336 e. The minimum atomic E-state index is 0.0293. The molecule has 0 radical (unpaired) electrons. The van der Waals surface area contributed by atoms with Crippen molar-refractivity contribution >= 4 is 29.1 Å². The summed E-state index contributed by atoms with van der Waals surface area (Å²) >= 11 is 11.8. The van der Waals surface area contributed by atoms with Crippen molar-refractivity contribution in [2.24, 2.45) is 0 Å². The van der Waals surface area contributed by atoms with E-state index in [4.69, 9.17) is 23.2 Å². The van der Waals surface area contributed by atoms with Gasteiger partial charge in [0, 0.05) is 28.2 Å². The second-order valence-corrected chi connectivity index (χ2v) is 5.37. The average molecular weight is 272 g/mol. The van der Waals surface area contributed by atoms with Crippen LogP contribution >= 0.6 is 23.2 Å². The number of carbonyl (C=O) groups is 1. The zero-order valence-corrected chi connectivity index (χ0v) is 11.3. The summed E-state index contributed by atoms with van der Waals surface area (Å²) in [5, 5.41) is 1.01. The lowest BCUT2D eigenvalue weighted by Crippen LogP contribution is -2.42. The van der Waals surface area contributed by atoms with E-state index in [1.165, 1.54) is 6.42 Å². The van der Waals surface area contributed by atoms with Crippen molar-refractivity contribution < 1.29 is 4.79 Å². The Morgan fingerprint density at radius 3 is 2.47 bits per heavy atom. The number of carbonyl (C=O) groups excluding carboxylic acids is 1. The number of rotatable bonds is 1. The Balaban J connectivity index is 2.23. The summed E-state index contributed by atoms with van der Waals surface area (Å²) in [6.45, 7) is 2.91. The standard InChI is InChI=1S/C13H15Cl2NO/c1-9-4-2-3-5-16(9)13(17)10-6-11(14)8-12(15)7-10/h6-9H,2-5H2,1H3. The summed E-state index contributed by atoms with van der Waals surface area (Å²) in [6, 6.07) is 5.29. The number of hydrogen-bond donors (Lipinski definition) is 0. The molecular formula is C13H15Cl2NO. The summed E-state index contributed by atoms with van der Waals surface area (Å²) in [5.74, 6) is 0.0293. The number of nitrogens with zero attached hydrogens (tertiary/aromatic N) is 1. The number of halogens is 2. The highest BCUT2D eigenvalue weighted by atomic mass is 35.5. The number of amides is 1. The largest absolute Gasteiger partial charge is 0.336 e. The van der Waals surface area contributed by atoms with E-state index >= 15 is 0 Å². The third-order valence-corrected chi connectivity index (χ3v) is 3.61. The molecular weight excluding hydrogens is 257 g/mol. The van der Waals surface area contributed by atoms with E-state index in [0.717, 1.165) is 19.4 Å². The lowest BCUT2D eigenvalue weighted by atomic mass is 10.0. The van der Waals surface area contributed by atoms with E-state index in [9.17, 15) is 4.79 Å². The molecule has 1 atom stereocenters. The molecule has 1 aliphatic heterocycles. The molecule has 4 heteroatoms. The molecule has 1 aliphatic rings. The predicted molar refractivity (Wildman–Crippen MR) is 70.8 cm³/mol. The van der Waals surface area contributed by atoms with Gasteiger partial charge in [-0.3, -0.25) is 4.79 Å². The fraction of sp³-hybridized carbons (Fsp3) is 0.462. The number of piperidine rings is 1. The second kappa shape index (κ2) is 5.28. The van der Waals surface area contributed by atoms with Gasteiger partial charge < -0.3 is 4.90 Å². The molecule has 1 aromatic rings. The first kappa shape index (κ1) is 12.7. The van der Waals surface area contributed by atoms with Crippen LogP contribution in [0.15, 0.2) is 18.2 Å². The molecule has 1 heterocycles. The van der Waals surface area contributed by atoms with Gasteiger partial charge in [0.2, 0.25) is 0 Å². The van der Waals surface area contributed by atoms with E-state index < -0.39 is 0 Å². The van der Waals surface area contributed by atoms with Gasteiger partial charge in [0.05, 0.1) is 0 Å². The summed E-state index contributed by atoms with van der Waals surface area (Å²) < 4.78 is 0. The highest BCUT2D eigenvalue weighted by Gasteiger charge is 2.24. The van der Waals surface area contributed by atoms with E-state index in [1.807, 2.05) is 4.90 Å². The van der Waals surface area contributed by atoms with Crippen LogP contribution in [0.5, 0.6) is 0 Å². The number of likely N-dealkylation sites (tertiary alicyclic amines) is 1. The average Bonchev–Trinajstić information content (AvgIpc) is 2.27. The van der Waals surface area contributed by atoms with Crippen LogP contribution in [-0.4, -0.2) is 23.4 Å². The maximum absolute atomic E-state index is 12.3. The normalized spacial score (nSPS) is 20.4. The highest BCUT2D eigenvalue weighted by molar-refractivity contribution is 6.35. The lowest BCUT2D eigenvalue weighted by Gasteiger charge is -2.33. The quantitative estimate of drug-likeness (QED) is 0.756. The molecule has 17 heavy (non-hydrogen) atoms. The van der Waals surface area contributed by atoms with Crippen LogP contribution < -0.4 is 0 Å². The molecule has 1 fully saturated rings. The molecule has 1 saturated heterocycles. The molecule has 0 saturated carbocycles. The van der Waals surface area contributed by atoms with Gasteiger partial charge in [-0.25, -0.2) is 0 Å². The van der Waals surface area contributed by atoms with Gasteiger partial charge in [-0.1, -0.05) is 23.2 Å². The zero-order chi connectivity index (χ0) is 12.4. The van der Waals surface area contributed by atoms with Gasteiger partial charge in [-0.15, -0.1) is 0 Å². The first-order chi connectivity index (χ1) is 8.08. The van der Waals surface area contributed by atoms with Crippen LogP contribution in [0, 0.1) is 0 Å². The van der Waals surface area contributed by atoms with Gasteiger partial charge in [0.1, 0.15) is 0 Å². The van der Waals surface area contributed by atoms with Gasteiger partial charge in [-0.05, 0) is 44.4 Å². The van der Waals surface area contributed by atoms with Gasteiger partial charge in [0.15, 0.2) is 0 Å². The van der Waals surface area contributed by atoms with E-state index in [2.05, 4.69) is 6.92 Å². The van der Waals surface area contributed by atoms with Gasteiger partial charge in [0.25, 0.3) is 5.91 Å². The van der Waals surface area contributed by atoms with E-state index in [0.29, 0.717) is 21.7 Å². The third kappa shape index (κ3) is 2.93. The van der Waals surface area contributed by atoms with Crippen molar-refractivity contribution in [2.75, 3.05) is 6.54 Å². The third-order valence-electron chi connectivity index (χ3n) is 3.17. The van der Waals surface area contributed by atoms with Crippen LogP contribution in [0.3, 0.4) is 0 Å². The van der Waals surface area contributed by atoms with Gasteiger partial charge >= 0.3 is 0 Å². The molecule has 0 aliphatic carbocycles. The first-order valence-electron chi connectivity index (χ1n) is 5.85. The SMILES string of the molecule is CC1CCCCN1C(=O)c1cc(Cl)cc(Cl)c1. The predicted octanol–water partition coefficient (Wildman–Crippen LogP) is 4.01. The van der Waals surface area contributed by atoms with Crippen molar-refractivity contribution in [1.29, 1.82) is 0 Å². The van der Waals surface area contributed by atoms with Gasteiger partial charge in [-0.2, -0.15) is 0 Å². The Hall–Kier alpha value is -0.730. The van der Waals surface area contributed by atoms with Crippen LogP contribution in [0.1, 0.15) is 36.5 Å². The Labute approximate surface area is 112 Å². The van der Waals surface area contributed by atoms with Crippen molar-refractivity contribution in [3.05, 3.63) is 33.8 Å². The minimum absolute atomic E-state index is 0.0293.